The molecule has 10 heteroatoms. The van der Waals surface area contributed by atoms with Crippen molar-refractivity contribution in [1.29, 1.82) is 0 Å². The standard InChI is InChI=1S/C19H27F3N4O3/c1-17(2,3)26(16(27)29-18(4,5)6)15(10-11-24-25-23)13-8-7-9-14(12-13)28-19(20,21)22/h7-9,12,15H,10-11H2,1-6H3. The largest absolute Gasteiger partial charge is 0.573 e. The molecule has 0 spiro atoms. The third-order valence-corrected chi connectivity index (χ3v) is 3.67. The van der Waals surface area contributed by atoms with E-state index in [0.717, 1.165) is 0 Å². The van der Waals surface area contributed by atoms with Gasteiger partial charge >= 0.3 is 12.5 Å². The zero-order chi connectivity index (χ0) is 22.5. The van der Waals surface area contributed by atoms with E-state index in [1.54, 1.807) is 47.6 Å². The van der Waals surface area contributed by atoms with Crippen LogP contribution in [0.1, 0.15) is 59.6 Å². The van der Waals surface area contributed by atoms with Gasteiger partial charge in [0, 0.05) is 17.0 Å². The minimum atomic E-state index is -4.84. The number of alkyl halides is 3. The van der Waals surface area contributed by atoms with Crippen molar-refractivity contribution in [2.75, 3.05) is 6.54 Å². The van der Waals surface area contributed by atoms with E-state index in [-0.39, 0.29) is 13.0 Å². The highest BCUT2D eigenvalue weighted by molar-refractivity contribution is 5.70. The van der Waals surface area contributed by atoms with Gasteiger partial charge in [-0.1, -0.05) is 17.2 Å². The summed E-state index contributed by atoms with van der Waals surface area (Å²) in [5.41, 5.74) is 7.49. The van der Waals surface area contributed by atoms with Crippen LogP contribution in [0.2, 0.25) is 0 Å². The Labute approximate surface area is 168 Å². The molecule has 0 aromatic heterocycles. The maximum atomic E-state index is 13.0. The zero-order valence-corrected chi connectivity index (χ0v) is 17.4. The van der Waals surface area contributed by atoms with Gasteiger partial charge in [-0.25, -0.2) is 4.79 Å². The molecule has 162 valence electrons. The van der Waals surface area contributed by atoms with Gasteiger partial charge in [-0.3, -0.25) is 4.90 Å². The maximum Gasteiger partial charge on any atom is 0.573 e. The van der Waals surface area contributed by atoms with Gasteiger partial charge in [0.05, 0.1) is 6.04 Å². The first-order valence-electron chi connectivity index (χ1n) is 9.03. The number of carbonyl (C=O) groups excluding carboxylic acids is 1. The SMILES string of the molecule is CC(C)(C)OC(=O)N(C(CCN=[N+]=[N-])c1cccc(OC(F)(F)F)c1)C(C)(C)C. The number of ether oxygens (including phenoxy) is 2. The highest BCUT2D eigenvalue weighted by Gasteiger charge is 2.37. The van der Waals surface area contributed by atoms with Gasteiger partial charge in [0.15, 0.2) is 0 Å². The van der Waals surface area contributed by atoms with Gasteiger partial charge in [-0.2, -0.15) is 0 Å². The molecule has 1 rings (SSSR count). The molecule has 7 nitrogen and oxygen atoms in total. The van der Waals surface area contributed by atoms with Crippen LogP contribution in [0.25, 0.3) is 10.4 Å². The van der Waals surface area contributed by atoms with Crippen LogP contribution in [0.4, 0.5) is 18.0 Å². The van der Waals surface area contributed by atoms with Crippen LogP contribution in [0.15, 0.2) is 29.4 Å². The summed E-state index contributed by atoms with van der Waals surface area (Å²) in [5.74, 6) is -0.401. The quantitative estimate of drug-likeness (QED) is 0.307. The lowest BCUT2D eigenvalue weighted by atomic mass is 9.96. The van der Waals surface area contributed by atoms with Crippen molar-refractivity contribution in [1.82, 2.24) is 4.90 Å². The van der Waals surface area contributed by atoms with E-state index in [4.69, 9.17) is 10.3 Å². The molecule has 0 aliphatic carbocycles. The van der Waals surface area contributed by atoms with Gasteiger partial charge in [-0.05, 0) is 71.2 Å². The Morgan fingerprint density at radius 3 is 2.31 bits per heavy atom. The smallest absolute Gasteiger partial charge is 0.444 e. The Bertz CT molecular complexity index is 748. The number of hydrogen-bond acceptors (Lipinski definition) is 4. The summed E-state index contributed by atoms with van der Waals surface area (Å²) in [4.78, 5) is 17.1. The maximum absolute atomic E-state index is 13.0. The second-order valence-electron chi connectivity index (χ2n) is 8.40. The van der Waals surface area contributed by atoms with E-state index in [2.05, 4.69) is 14.8 Å². The van der Waals surface area contributed by atoms with Crippen LogP contribution < -0.4 is 4.74 Å². The van der Waals surface area contributed by atoms with Gasteiger partial charge < -0.3 is 9.47 Å². The Morgan fingerprint density at radius 2 is 1.83 bits per heavy atom. The number of azide groups is 1. The highest BCUT2D eigenvalue weighted by Crippen LogP contribution is 2.35. The first kappa shape index (κ1) is 24.4. The molecule has 1 amide bonds. The van der Waals surface area contributed by atoms with E-state index in [0.29, 0.717) is 5.56 Å². The molecular weight excluding hydrogens is 389 g/mol. The van der Waals surface area contributed by atoms with E-state index in [1.807, 2.05) is 0 Å². The molecule has 0 N–H and O–H groups in total. The molecule has 0 fully saturated rings. The summed E-state index contributed by atoms with van der Waals surface area (Å²) in [6.45, 7) is 10.6. The Balaban J connectivity index is 3.41. The van der Waals surface area contributed by atoms with Crippen LogP contribution in [-0.2, 0) is 4.74 Å². The van der Waals surface area contributed by atoms with Gasteiger partial charge in [0.25, 0.3) is 0 Å². The van der Waals surface area contributed by atoms with Crippen molar-refractivity contribution < 1.29 is 27.4 Å². The molecule has 0 radical (unpaired) electrons. The lowest BCUT2D eigenvalue weighted by Crippen LogP contribution is -2.50. The lowest BCUT2D eigenvalue weighted by molar-refractivity contribution is -0.274. The lowest BCUT2D eigenvalue weighted by Gasteiger charge is -2.42. The van der Waals surface area contributed by atoms with E-state index in [1.165, 1.54) is 23.1 Å². The van der Waals surface area contributed by atoms with Gasteiger partial charge in [-0.15, -0.1) is 13.2 Å². The first-order valence-corrected chi connectivity index (χ1v) is 9.03. The molecule has 1 aromatic carbocycles. The fraction of sp³-hybridized carbons (Fsp3) is 0.632. The number of halogens is 3. The molecule has 0 heterocycles. The summed E-state index contributed by atoms with van der Waals surface area (Å²) in [7, 11) is 0. The monoisotopic (exact) mass is 416 g/mol. The van der Waals surface area contributed by atoms with Crippen LogP contribution in [-0.4, -0.2) is 35.0 Å². The molecule has 1 aromatic rings. The number of carbonyl (C=O) groups is 1. The summed E-state index contributed by atoms with van der Waals surface area (Å²) in [6, 6.07) is 4.69. The van der Waals surface area contributed by atoms with Crippen molar-refractivity contribution in [3.63, 3.8) is 0 Å². The van der Waals surface area contributed by atoms with Gasteiger partial charge in [0.2, 0.25) is 0 Å². The third kappa shape index (κ3) is 8.51. The van der Waals surface area contributed by atoms with E-state index in [9.17, 15) is 18.0 Å². The molecule has 1 unspecified atom stereocenters. The number of benzene rings is 1. The number of rotatable bonds is 6. The Hall–Kier alpha value is -2.61. The minimum Gasteiger partial charge on any atom is -0.444 e. The third-order valence-electron chi connectivity index (χ3n) is 3.67. The summed E-state index contributed by atoms with van der Waals surface area (Å²) in [6.07, 6.45) is -5.28. The first-order chi connectivity index (χ1) is 13.1. The predicted molar refractivity (Wildman–Crippen MR) is 102 cm³/mol. The fourth-order valence-corrected chi connectivity index (χ4v) is 2.77. The highest BCUT2D eigenvalue weighted by atomic mass is 19.4. The summed E-state index contributed by atoms with van der Waals surface area (Å²) < 4.78 is 47.4. The molecule has 29 heavy (non-hydrogen) atoms. The summed E-state index contributed by atoms with van der Waals surface area (Å²) >= 11 is 0. The van der Waals surface area contributed by atoms with Crippen molar-refractivity contribution >= 4 is 6.09 Å². The van der Waals surface area contributed by atoms with Crippen LogP contribution >= 0.6 is 0 Å². The van der Waals surface area contributed by atoms with Crippen molar-refractivity contribution in [3.05, 3.63) is 40.3 Å². The number of nitrogens with zero attached hydrogens (tertiary/aromatic N) is 4. The second-order valence-corrected chi connectivity index (χ2v) is 8.40. The van der Waals surface area contributed by atoms with Crippen LogP contribution in [0.5, 0.6) is 5.75 Å². The van der Waals surface area contributed by atoms with E-state index < -0.39 is 35.4 Å². The topological polar surface area (TPSA) is 87.5 Å². The molecule has 0 saturated heterocycles. The van der Waals surface area contributed by atoms with Gasteiger partial charge in [0.1, 0.15) is 11.4 Å². The molecule has 0 aliphatic rings. The number of amides is 1. The predicted octanol–water partition coefficient (Wildman–Crippen LogP) is 6.36. The van der Waals surface area contributed by atoms with E-state index >= 15 is 0 Å². The fourth-order valence-electron chi connectivity index (χ4n) is 2.77. The molecule has 0 bridgehead atoms. The average molecular weight is 416 g/mol. The van der Waals surface area contributed by atoms with Crippen molar-refractivity contribution in [2.24, 2.45) is 5.11 Å². The van der Waals surface area contributed by atoms with Crippen LogP contribution in [0.3, 0.4) is 0 Å². The Kier molecular flexibility index (Phi) is 7.80. The minimum absolute atomic E-state index is 0.0426. The Morgan fingerprint density at radius 1 is 1.21 bits per heavy atom. The van der Waals surface area contributed by atoms with Crippen molar-refractivity contribution in [2.45, 2.75) is 71.5 Å². The average Bonchev–Trinajstić information content (AvgIpc) is 2.49. The normalized spacial score (nSPS) is 13.3. The molecule has 0 aliphatic heterocycles. The van der Waals surface area contributed by atoms with Crippen molar-refractivity contribution in [3.8, 4) is 5.75 Å². The number of hydrogen-bond donors (Lipinski definition) is 0. The molecule has 0 saturated carbocycles. The van der Waals surface area contributed by atoms with Crippen LogP contribution in [0, 0.1) is 0 Å². The molecular formula is C19H27F3N4O3. The molecule has 1 atom stereocenters. The second kappa shape index (κ2) is 9.26. The summed E-state index contributed by atoms with van der Waals surface area (Å²) in [5, 5.41) is 3.51. The zero-order valence-electron chi connectivity index (χ0n) is 17.4.